The number of hydrogen-bond donors (Lipinski definition) is 2. The lowest BCUT2D eigenvalue weighted by Gasteiger charge is -2.23. The number of benzene rings is 1. The number of aromatic amines is 1. The molecule has 1 aliphatic heterocycles. The van der Waals surface area contributed by atoms with Gasteiger partial charge in [-0.15, -0.1) is 11.3 Å². The normalized spacial score (nSPS) is 18.7. The van der Waals surface area contributed by atoms with Crippen LogP contribution in [0.25, 0.3) is 5.76 Å². The average molecular weight is 394 g/mol. The molecule has 142 valence electrons. The first kappa shape index (κ1) is 18.2. The quantitative estimate of drug-likeness (QED) is 0.292. The van der Waals surface area contributed by atoms with Gasteiger partial charge in [0.25, 0.3) is 11.7 Å². The number of Topliss-reactive ketones (excluding diaryl/α,β-unsaturated/α-hetero) is 1. The third-order valence-electron chi connectivity index (χ3n) is 4.82. The average Bonchev–Trinajstić information content (AvgIpc) is 3.46. The number of amides is 1. The van der Waals surface area contributed by atoms with Crippen molar-refractivity contribution in [3.05, 3.63) is 82.6 Å². The summed E-state index contributed by atoms with van der Waals surface area (Å²) in [5, 5.41) is 12.8. The van der Waals surface area contributed by atoms with Gasteiger partial charge in [0.15, 0.2) is 0 Å². The summed E-state index contributed by atoms with van der Waals surface area (Å²) in [5.41, 5.74) is 0.692. The highest BCUT2D eigenvalue weighted by Gasteiger charge is 2.46. The van der Waals surface area contributed by atoms with Crippen LogP contribution < -0.4 is 4.57 Å². The maximum absolute atomic E-state index is 12.8. The maximum atomic E-state index is 12.8. The third kappa shape index (κ3) is 3.36. The number of aliphatic hydroxyl groups excluding tert-OH is 1. The van der Waals surface area contributed by atoms with E-state index in [9.17, 15) is 14.7 Å². The molecule has 0 aliphatic carbocycles. The lowest BCUT2D eigenvalue weighted by molar-refractivity contribution is -0.695. The van der Waals surface area contributed by atoms with E-state index in [1.165, 1.54) is 11.3 Å². The van der Waals surface area contributed by atoms with E-state index >= 15 is 0 Å². The lowest BCUT2D eigenvalue weighted by atomic mass is 10.00. The molecule has 0 radical (unpaired) electrons. The van der Waals surface area contributed by atoms with Crippen LogP contribution in [0.1, 0.15) is 22.9 Å². The van der Waals surface area contributed by atoms with E-state index in [0.29, 0.717) is 18.5 Å². The molecule has 0 saturated carbocycles. The summed E-state index contributed by atoms with van der Waals surface area (Å²) in [5.74, 6) is -1.32. The minimum absolute atomic E-state index is 0.125. The number of carbonyl (C=O) groups is 2. The Morgan fingerprint density at radius 1 is 1.18 bits per heavy atom. The molecule has 2 aromatic heterocycles. The molecule has 1 atom stereocenters. The summed E-state index contributed by atoms with van der Waals surface area (Å²) in [6, 6.07) is 12.1. The van der Waals surface area contributed by atoms with Crippen molar-refractivity contribution in [2.24, 2.45) is 0 Å². The van der Waals surface area contributed by atoms with E-state index in [2.05, 4.69) is 4.98 Å². The molecule has 1 fully saturated rings. The van der Waals surface area contributed by atoms with Crippen molar-refractivity contribution in [2.75, 3.05) is 6.54 Å². The summed E-state index contributed by atoms with van der Waals surface area (Å²) >= 11 is 1.47. The molecule has 7 heteroatoms. The van der Waals surface area contributed by atoms with Gasteiger partial charge in [-0.05, 0) is 11.4 Å². The second-order valence-electron chi connectivity index (χ2n) is 6.58. The van der Waals surface area contributed by atoms with E-state index in [1.54, 1.807) is 29.2 Å². The van der Waals surface area contributed by atoms with Gasteiger partial charge in [0.2, 0.25) is 6.33 Å². The predicted octanol–water partition coefficient (Wildman–Crippen LogP) is 2.88. The molecule has 1 amide bonds. The lowest BCUT2D eigenvalue weighted by Crippen LogP contribution is -2.35. The van der Waals surface area contributed by atoms with Gasteiger partial charge in [-0.3, -0.25) is 14.6 Å². The van der Waals surface area contributed by atoms with Crippen molar-refractivity contribution in [3.63, 3.8) is 0 Å². The van der Waals surface area contributed by atoms with Crippen LogP contribution >= 0.6 is 11.3 Å². The highest BCUT2D eigenvalue weighted by Crippen LogP contribution is 2.40. The van der Waals surface area contributed by atoms with Crippen LogP contribution in [0.3, 0.4) is 0 Å². The van der Waals surface area contributed by atoms with Gasteiger partial charge < -0.3 is 10.0 Å². The van der Waals surface area contributed by atoms with Crippen molar-refractivity contribution in [1.29, 1.82) is 0 Å². The summed E-state index contributed by atoms with van der Waals surface area (Å²) in [4.78, 5) is 31.0. The molecule has 28 heavy (non-hydrogen) atoms. The molecule has 1 saturated heterocycles. The number of imidazole rings is 1. The molecular formula is C21H20N3O3S+. The van der Waals surface area contributed by atoms with Crippen LogP contribution in [0.4, 0.5) is 0 Å². The molecule has 4 rings (SSSR count). The number of H-pyrrole nitrogens is 1. The van der Waals surface area contributed by atoms with Gasteiger partial charge in [0.1, 0.15) is 18.2 Å². The Hall–Kier alpha value is -3.19. The van der Waals surface area contributed by atoms with Crippen LogP contribution in [0, 0.1) is 0 Å². The third-order valence-corrected chi connectivity index (χ3v) is 5.74. The Labute approximate surface area is 166 Å². The van der Waals surface area contributed by atoms with Gasteiger partial charge >= 0.3 is 0 Å². The first-order valence-corrected chi connectivity index (χ1v) is 9.94. The molecule has 3 heterocycles. The number of aromatic nitrogens is 2. The summed E-state index contributed by atoms with van der Waals surface area (Å²) in [6.45, 7) is 1.15. The van der Waals surface area contributed by atoms with Gasteiger partial charge in [0.05, 0.1) is 18.2 Å². The number of aryl methyl sites for hydroxylation is 1. The second-order valence-corrected chi connectivity index (χ2v) is 7.56. The van der Waals surface area contributed by atoms with Crippen LogP contribution in [0.2, 0.25) is 0 Å². The standard InChI is InChI=1S/C21H19N3O3S/c25-19(15-6-2-1-3-7-15)17-18(16-8-4-13-28-16)24(21(27)20(17)26)11-5-10-23-12-9-22-14-23/h1-4,6-9,12-14,18H,5,10-11H2,(H,25,26)/p+1. The van der Waals surface area contributed by atoms with Gasteiger partial charge in [-0.2, -0.15) is 0 Å². The molecule has 1 aromatic carbocycles. The van der Waals surface area contributed by atoms with Crippen LogP contribution in [0.15, 0.2) is 72.1 Å². The van der Waals surface area contributed by atoms with Crippen molar-refractivity contribution in [3.8, 4) is 0 Å². The fourth-order valence-electron chi connectivity index (χ4n) is 3.49. The highest BCUT2D eigenvalue weighted by atomic mass is 32.1. The maximum Gasteiger partial charge on any atom is 0.295 e. The Kier molecular flexibility index (Phi) is 5.08. The van der Waals surface area contributed by atoms with Crippen molar-refractivity contribution in [2.45, 2.75) is 19.0 Å². The topological polar surface area (TPSA) is 77.3 Å². The molecule has 1 unspecified atom stereocenters. The first-order valence-electron chi connectivity index (χ1n) is 9.06. The summed E-state index contributed by atoms with van der Waals surface area (Å²) in [7, 11) is 0. The van der Waals surface area contributed by atoms with Crippen molar-refractivity contribution < 1.29 is 19.3 Å². The number of aliphatic hydroxyl groups is 1. The number of thiophene rings is 1. The molecular weight excluding hydrogens is 374 g/mol. The molecule has 3 aromatic rings. The zero-order valence-corrected chi connectivity index (χ0v) is 15.9. The monoisotopic (exact) mass is 394 g/mol. The van der Waals surface area contributed by atoms with Crippen molar-refractivity contribution >= 4 is 28.8 Å². The van der Waals surface area contributed by atoms with E-state index in [-0.39, 0.29) is 11.3 Å². The fourth-order valence-corrected chi connectivity index (χ4v) is 4.33. The largest absolute Gasteiger partial charge is 0.507 e. The van der Waals surface area contributed by atoms with Crippen LogP contribution in [0.5, 0.6) is 0 Å². The Morgan fingerprint density at radius 3 is 2.68 bits per heavy atom. The second kappa shape index (κ2) is 7.82. The Morgan fingerprint density at radius 2 is 2.00 bits per heavy atom. The molecule has 0 spiro atoms. The molecule has 2 N–H and O–H groups in total. The minimum atomic E-state index is -0.631. The minimum Gasteiger partial charge on any atom is -0.507 e. The van der Waals surface area contributed by atoms with Crippen molar-refractivity contribution in [1.82, 2.24) is 9.88 Å². The van der Waals surface area contributed by atoms with Crippen LogP contribution in [-0.2, 0) is 16.1 Å². The molecule has 6 nitrogen and oxygen atoms in total. The van der Waals surface area contributed by atoms with E-state index in [1.807, 2.05) is 46.9 Å². The number of hydrogen-bond acceptors (Lipinski definition) is 4. The Balaban J connectivity index is 1.68. The molecule has 0 bridgehead atoms. The number of nitrogens with zero attached hydrogens (tertiary/aromatic N) is 2. The van der Waals surface area contributed by atoms with E-state index < -0.39 is 17.7 Å². The SMILES string of the molecule is O=C1C(=O)N(CCC[n+]2cc[nH]c2)C(c2cccs2)/C1=C(\O)c1ccccc1. The van der Waals surface area contributed by atoms with Gasteiger partial charge in [-0.25, -0.2) is 4.57 Å². The number of likely N-dealkylation sites (tertiary alicyclic amines) is 1. The summed E-state index contributed by atoms with van der Waals surface area (Å²) < 4.78 is 1.99. The number of rotatable bonds is 6. The van der Waals surface area contributed by atoms with Gasteiger partial charge in [-0.1, -0.05) is 36.4 Å². The van der Waals surface area contributed by atoms with Gasteiger partial charge in [0, 0.05) is 23.4 Å². The zero-order valence-electron chi connectivity index (χ0n) is 15.1. The highest BCUT2D eigenvalue weighted by molar-refractivity contribution is 7.10. The van der Waals surface area contributed by atoms with E-state index in [0.717, 1.165) is 11.4 Å². The van der Waals surface area contributed by atoms with Crippen LogP contribution in [-0.4, -0.2) is 33.2 Å². The predicted molar refractivity (Wildman–Crippen MR) is 105 cm³/mol. The van der Waals surface area contributed by atoms with E-state index in [4.69, 9.17) is 0 Å². The Bertz CT molecular complexity index is 995. The fraction of sp³-hybridized carbons (Fsp3) is 0.190. The number of carbonyl (C=O) groups excluding carboxylic acids is 2. The molecule has 1 aliphatic rings. The first-order chi connectivity index (χ1) is 13.7. The smallest absolute Gasteiger partial charge is 0.295 e. The number of ketones is 1. The summed E-state index contributed by atoms with van der Waals surface area (Å²) in [6.07, 6.45) is 6.29. The zero-order chi connectivity index (χ0) is 19.5. The number of nitrogens with one attached hydrogen (secondary N) is 1.